The van der Waals surface area contributed by atoms with E-state index in [2.05, 4.69) is 0 Å². The third-order valence-electron chi connectivity index (χ3n) is 3.13. The van der Waals surface area contributed by atoms with E-state index in [1.807, 2.05) is 26.0 Å². The summed E-state index contributed by atoms with van der Waals surface area (Å²) in [6.07, 6.45) is 3.55. The number of benzene rings is 1. The van der Waals surface area contributed by atoms with E-state index < -0.39 is 0 Å². The zero-order valence-corrected chi connectivity index (χ0v) is 9.77. The lowest BCUT2D eigenvalue weighted by Crippen LogP contribution is -1.99. The van der Waals surface area contributed by atoms with Crippen LogP contribution in [0, 0.1) is 16.0 Å². The van der Waals surface area contributed by atoms with Crippen molar-refractivity contribution in [2.75, 3.05) is 0 Å². The number of nitro groups is 1. The van der Waals surface area contributed by atoms with Crippen molar-refractivity contribution in [3.05, 3.63) is 39.4 Å². The van der Waals surface area contributed by atoms with Gasteiger partial charge in [0, 0.05) is 11.6 Å². The van der Waals surface area contributed by atoms with Crippen molar-refractivity contribution in [3.8, 4) is 0 Å². The van der Waals surface area contributed by atoms with Crippen LogP contribution in [0.4, 0.5) is 5.69 Å². The summed E-state index contributed by atoms with van der Waals surface area (Å²) in [7, 11) is 0. The van der Waals surface area contributed by atoms with Gasteiger partial charge in [0.2, 0.25) is 0 Å². The van der Waals surface area contributed by atoms with Gasteiger partial charge in [-0.25, -0.2) is 0 Å². The van der Waals surface area contributed by atoms with Gasteiger partial charge >= 0.3 is 0 Å². The van der Waals surface area contributed by atoms with Crippen LogP contribution in [-0.4, -0.2) is 4.92 Å². The van der Waals surface area contributed by atoms with E-state index in [0.717, 1.165) is 23.5 Å². The molecular formula is C13H17NO2. The summed E-state index contributed by atoms with van der Waals surface area (Å²) in [4.78, 5) is 10.7. The smallest absolute Gasteiger partial charge is 0.258 e. The molecule has 0 heterocycles. The Balaban J connectivity index is 2.30. The minimum atomic E-state index is -0.258. The summed E-state index contributed by atoms with van der Waals surface area (Å²) in [5.41, 5.74) is 2.23. The maximum Gasteiger partial charge on any atom is 0.273 e. The van der Waals surface area contributed by atoms with Crippen molar-refractivity contribution in [2.45, 2.75) is 39.0 Å². The van der Waals surface area contributed by atoms with Gasteiger partial charge in [-0.15, -0.1) is 0 Å². The van der Waals surface area contributed by atoms with E-state index in [4.69, 9.17) is 0 Å². The topological polar surface area (TPSA) is 43.1 Å². The van der Waals surface area contributed by atoms with Crippen molar-refractivity contribution < 1.29 is 4.92 Å². The van der Waals surface area contributed by atoms with E-state index in [-0.39, 0.29) is 16.5 Å². The summed E-state index contributed by atoms with van der Waals surface area (Å²) < 4.78 is 0. The Morgan fingerprint density at radius 1 is 1.44 bits per heavy atom. The van der Waals surface area contributed by atoms with Gasteiger partial charge in [0.1, 0.15) is 0 Å². The first-order chi connectivity index (χ1) is 7.58. The SMILES string of the molecule is CC(C)c1ccc(CC2CC2)cc1[N+](=O)[O-]. The molecule has 0 bridgehead atoms. The molecule has 1 aliphatic rings. The number of nitro benzene ring substituents is 1. The Hall–Kier alpha value is -1.38. The zero-order chi connectivity index (χ0) is 11.7. The van der Waals surface area contributed by atoms with Crippen molar-refractivity contribution in [2.24, 2.45) is 5.92 Å². The van der Waals surface area contributed by atoms with Crippen LogP contribution in [0.25, 0.3) is 0 Å². The molecule has 3 heteroatoms. The fourth-order valence-electron chi connectivity index (χ4n) is 2.02. The summed E-state index contributed by atoms with van der Waals surface area (Å²) in [5, 5.41) is 11.0. The molecule has 0 unspecified atom stereocenters. The standard InChI is InChI=1S/C13H17NO2/c1-9(2)12-6-5-11(7-10-3-4-10)8-13(12)14(15)16/h5-6,8-10H,3-4,7H2,1-2H3. The lowest BCUT2D eigenvalue weighted by molar-refractivity contribution is -0.385. The second kappa shape index (κ2) is 4.24. The molecule has 0 spiro atoms. The molecular weight excluding hydrogens is 202 g/mol. The van der Waals surface area contributed by atoms with Gasteiger partial charge in [0.15, 0.2) is 0 Å². The molecule has 1 fully saturated rings. The molecule has 1 aliphatic carbocycles. The lowest BCUT2D eigenvalue weighted by Gasteiger charge is -2.08. The molecule has 0 amide bonds. The molecule has 16 heavy (non-hydrogen) atoms. The third-order valence-corrected chi connectivity index (χ3v) is 3.13. The molecule has 0 radical (unpaired) electrons. The first-order valence-corrected chi connectivity index (χ1v) is 5.85. The number of hydrogen-bond donors (Lipinski definition) is 0. The van der Waals surface area contributed by atoms with Crippen LogP contribution in [0.5, 0.6) is 0 Å². The first-order valence-electron chi connectivity index (χ1n) is 5.85. The molecule has 0 N–H and O–H groups in total. The van der Waals surface area contributed by atoms with E-state index >= 15 is 0 Å². The van der Waals surface area contributed by atoms with Crippen LogP contribution in [0.2, 0.25) is 0 Å². The van der Waals surface area contributed by atoms with Gasteiger partial charge in [-0.1, -0.05) is 26.0 Å². The maximum atomic E-state index is 11.0. The Labute approximate surface area is 95.6 Å². The summed E-state index contributed by atoms with van der Waals surface area (Å²) in [6, 6.07) is 5.72. The molecule has 86 valence electrons. The average Bonchev–Trinajstić information content (AvgIpc) is 3.01. The van der Waals surface area contributed by atoms with Gasteiger partial charge in [-0.2, -0.15) is 0 Å². The molecule has 0 aromatic heterocycles. The fraction of sp³-hybridized carbons (Fsp3) is 0.538. The highest BCUT2D eigenvalue weighted by molar-refractivity contribution is 5.45. The fourth-order valence-corrected chi connectivity index (χ4v) is 2.02. The van der Waals surface area contributed by atoms with Crippen LogP contribution in [0.1, 0.15) is 43.7 Å². The molecule has 1 aromatic rings. The Morgan fingerprint density at radius 2 is 2.12 bits per heavy atom. The minimum Gasteiger partial charge on any atom is -0.258 e. The van der Waals surface area contributed by atoms with Gasteiger partial charge < -0.3 is 0 Å². The van der Waals surface area contributed by atoms with E-state index in [0.29, 0.717) is 0 Å². The van der Waals surface area contributed by atoms with Gasteiger partial charge in [0.05, 0.1) is 4.92 Å². The van der Waals surface area contributed by atoms with E-state index in [9.17, 15) is 10.1 Å². The van der Waals surface area contributed by atoms with Crippen LogP contribution in [-0.2, 0) is 6.42 Å². The van der Waals surface area contributed by atoms with E-state index in [1.54, 1.807) is 6.07 Å². The Bertz CT molecular complexity index is 408. The summed E-state index contributed by atoms with van der Waals surface area (Å²) in [5.74, 6) is 0.972. The monoisotopic (exact) mass is 219 g/mol. The largest absolute Gasteiger partial charge is 0.273 e. The molecule has 1 saturated carbocycles. The van der Waals surface area contributed by atoms with Gasteiger partial charge in [-0.3, -0.25) is 10.1 Å². The average molecular weight is 219 g/mol. The first kappa shape index (κ1) is 11.1. The molecule has 0 aliphatic heterocycles. The molecule has 0 atom stereocenters. The second-order valence-corrected chi connectivity index (χ2v) is 4.95. The third kappa shape index (κ3) is 2.40. The molecule has 2 rings (SSSR count). The summed E-state index contributed by atoms with van der Waals surface area (Å²) in [6.45, 7) is 3.98. The zero-order valence-electron chi connectivity index (χ0n) is 9.77. The molecule has 0 saturated heterocycles. The van der Waals surface area contributed by atoms with Crippen LogP contribution in [0.3, 0.4) is 0 Å². The number of nitrogens with zero attached hydrogens (tertiary/aromatic N) is 1. The quantitative estimate of drug-likeness (QED) is 0.572. The highest BCUT2D eigenvalue weighted by Crippen LogP contribution is 2.34. The maximum absolute atomic E-state index is 11.0. The Morgan fingerprint density at radius 3 is 2.62 bits per heavy atom. The number of rotatable bonds is 4. The second-order valence-electron chi connectivity index (χ2n) is 4.95. The molecule has 3 nitrogen and oxygen atoms in total. The van der Waals surface area contributed by atoms with Crippen molar-refractivity contribution in [1.29, 1.82) is 0 Å². The van der Waals surface area contributed by atoms with Gasteiger partial charge in [-0.05, 0) is 36.7 Å². The highest BCUT2D eigenvalue weighted by atomic mass is 16.6. The number of hydrogen-bond acceptors (Lipinski definition) is 2. The molecule has 1 aromatic carbocycles. The van der Waals surface area contributed by atoms with Crippen LogP contribution in [0.15, 0.2) is 18.2 Å². The highest BCUT2D eigenvalue weighted by Gasteiger charge is 2.23. The Kier molecular flexibility index (Phi) is 2.95. The van der Waals surface area contributed by atoms with Crippen molar-refractivity contribution in [3.63, 3.8) is 0 Å². The minimum absolute atomic E-state index is 0.204. The normalized spacial score (nSPS) is 15.4. The van der Waals surface area contributed by atoms with Crippen LogP contribution >= 0.6 is 0 Å². The van der Waals surface area contributed by atoms with Crippen LogP contribution < -0.4 is 0 Å². The summed E-state index contributed by atoms with van der Waals surface area (Å²) >= 11 is 0. The van der Waals surface area contributed by atoms with E-state index in [1.165, 1.54) is 12.8 Å². The van der Waals surface area contributed by atoms with Gasteiger partial charge in [0.25, 0.3) is 5.69 Å². The predicted octanol–water partition coefficient (Wildman–Crippen LogP) is 3.67. The van der Waals surface area contributed by atoms with Crippen molar-refractivity contribution in [1.82, 2.24) is 0 Å². The predicted molar refractivity (Wildman–Crippen MR) is 63.6 cm³/mol. The lowest BCUT2D eigenvalue weighted by atomic mass is 9.97. The van der Waals surface area contributed by atoms with Crippen molar-refractivity contribution >= 4 is 5.69 Å².